The van der Waals surface area contributed by atoms with E-state index in [0.717, 1.165) is 0 Å². The van der Waals surface area contributed by atoms with Gasteiger partial charge >= 0.3 is 12.1 Å². The topological polar surface area (TPSA) is 47.6 Å². The van der Waals surface area contributed by atoms with E-state index in [0.29, 0.717) is 0 Å². The van der Waals surface area contributed by atoms with E-state index in [-0.39, 0.29) is 32.3 Å². The zero-order chi connectivity index (χ0) is 15.8. The van der Waals surface area contributed by atoms with Gasteiger partial charge < -0.3 is 9.47 Å². The van der Waals surface area contributed by atoms with Crippen LogP contribution in [-0.4, -0.2) is 43.5 Å². The van der Waals surface area contributed by atoms with Crippen LogP contribution in [0.4, 0.5) is 13.2 Å². The van der Waals surface area contributed by atoms with Gasteiger partial charge in [-0.25, -0.2) is 4.79 Å². The Labute approximate surface area is 118 Å². The van der Waals surface area contributed by atoms with Gasteiger partial charge in [0.2, 0.25) is 0 Å². The van der Waals surface area contributed by atoms with Crippen molar-refractivity contribution >= 4 is 5.97 Å². The Morgan fingerprint density at radius 3 is 2.35 bits per heavy atom. The minimum absolute atomic E-state index is 0.0168. The summed E-state index contributed by atoms with van der Waals surface area (Å²) >= 11 is 0. The van der Waals surface area contributed by atoms with Gasteiger partial charge in [0, 0.05) is 19.1 Å². The van der Waals surface area contributed by atoms with E-state index in [9.17, 15) is 18.0 Å². The van der Waals surface area contributed by atoms with Crippen LogP contribution in [0.2, 0.25) is 0 Å². The van der Waals surface area contributed by atoms with Crippen LogP contribution in [0.15, 0.2) is 0 Å². The van der Waals surface area contributed by atoms with Crippen molar-refractivity contribution in [1.29, 1.82) is 0 Å². The molecule has 120 valence electrons. The van der Waals surface area contributed by atoms with Gasteiger partial charge in [-0.05, 0) is 34.1 Å². The van der Waals surface area contributed by atoms with Crippen molar-refractivity contribution < 1.29 is 27.4 Å². The van der Waals surface area contributed by atoms with Crippen LogP contribution in [0, 0.1) is 0 Å². The summed E-state index contributed by atoms with van der Waals surface area (Å²) in [7, 11) is 0. The van der Waals surface area contributed by atoms with Crippen LogP contribution in [0.1, 0.15) is 40.5 Å². The van der Waals surface area contributed by atoms with E-state index in [4.69, 9.17) is 9.47 Å². The first kappa shape index (κ1) is 19.2. The second-order valence-corrected chi connectivity index (χ2v) is 5.12. The van der Waals surface area contributed by atoms with Gasteiger partial charge in [-0.3, -0.25) is 5.32 Å². The molecule has 0 saturated carbocycles. The normalized spacial score (nSPS) is 15.2. The summed E-state index contributed by atoms with van der Waals surface area (Å²) in [5.74, 6) is -0.468. The van der Waals surface area contributed by atoms with Gasteiger partial charge in [-0.2, -0.15) is 13.2 Å². The van der Waals surface area contributed by atoms with Gasteiger partial charge in [-0.1, -0.05) is 0 Å². The molecule has 0 aliphatic heterocycles. The van der Waals surface area contributed by atoms with E-state index in [1.165, 1.54) is 0 Å². The first-order valence-electron chi connectivity index (χ1n) is 6.70. The third-order valence-corrected chi connectivity index (χ3v) is 2.47. The van der Waals surface area contributed by atoms with E-state index in [1.807, 2.05) is 13.8 Å². The molecule has 0 aromatic heterocycles. The summed E-state index contributed by atoms with van der Waals surface area (Å²) in [6.07, 6.45) is -5.19. The first-order valence-corrected chi connectivity index (χ1v) is 6.70. The first-order chi connectivity index (χ1) is 9.10. The zero-order valence-electron chi connectivity index (χ0n) is 12.5. The van der Waals surface area contributed by atoms with Crippen LogP contribution < -0.4 is 5.32 Å². The Kier molecular flexibility index (Phi) is 8.12. The molecular weight excluding hydrogens is 275 g/mol. The molecule has 1 atom stereocenters. The molecule has 1 N–H and O–H groups in total. The summed E-state index contributed by atoms with van der Waals surface area (Å²) in [4.78, 5) is 11.9. The van der Waals surface area contributed by atoms with Crippen LogP contribution >= 0.6 is 0 Å². The highest BCUT2D eigenvalue weighted by Crippen LogP contribution is 2.21. The van der Waals surface area contributed by atoms with Gasteiger partial charge in [0.1, 0.15) is 5.54 Å². The third kappa shape index (κ3) is 8.37. The van der Waals surface area contributed by atoms with E-state index in [2.05, 4.69) is 5.32 Å². The molecular formula is C13H24F3NO3. The summed E-state index contributed by atoms with van der Waals surface area (Å²) in [5, 5.41) is 3.03. The van der Waals surface area contributed by atoms with Crippen LogP contribution in [0.5, 0.6) is 0 Å². The smallest absolute Gasteiger partial charge is 0.389 e. The lowest BCUT2D eigenvalue weighted by Crippen LogP contribution is -2.56. The molecule has 0 aromatic rings. The molecule has 7 heteroatoms. The molecule has 0 saturated heterocycles. The van der Waals surface area contributed by atoms with E-state index >= 15 is 0 Å². The lowest BCUT2D eigenvalue weighted by molar-refractivity contribution is -0.154. The molecule has 0 aliphatic carbocycles. The highest BCUT2D eigenvalue weighted by Gasteiger charge is 2.35. The molecule has 0 bridgehead atoms. The summed E-state index contributed by atoms with van der Waals surface area (Å²) in [5.41, 5.74) is -1.05. The minimum Gasteiger partial charge on any atom is -0.465 e. The maximum absolute atomic E-state index is 12.0. The average molecular weight is 299 g/mol. The fraction of sp³-hybridized carbons (Fsp3) is 0.923. The van der Waals surface area contributed by atoms with E-state index < -0.39 is 24.1 Å². The molecule has 0 amide bonds. The maximum Gasteiger partial charge on any atom is 0.389 e. The summed E-state index contributed by atoms with van der Waals surface area (Å²) in [6, 6.07) is 0.0168. The van der Waals surface area contributed by atoms with Crippen molar-refractivity contribution in [3.8, 4) is 0 Å². The second kappa shape index (κ2) is 8.46. The van der Waals surface area contributed by atoms with Crippen LogP contribution in [0.3, 0.4) is 0 Å². The number of esters is 1. The molecule has 0 aliphatic rings. The lowest BCUT2D eigenvalue weighted by Gasteiger charge is -2.30. The minimum atomic E-state index is -4.18. The standard InChI is InChI=1S/C13H24F3NO3/c1-5-20-11(18)12(4,17-10(2)3)9-19-8-6-7-13(14,15)16/h10,17H,5-9H2,1-4H3. The molecule has 0 fully saturated rings. The number of carbonyl (C=O) groups is 1. The molecule has 1 unspecified atom stereocenters. The van der Waals surface area contributed by atoms with Crippen molar-refractivity contribution in [2.75, 3.05) is 19.8 Å². The molecule has 0 rings (SSSR count). The number of rotatable bonds is 9. The Morgan fingerprint density at radius 2 is 1.90 bits per heavy atom. The van der Waals surface area contributed by atoms with Crippen molar-refractivity contribution in [2.24, 2.45) is 0 Å². The number of hydrogen-bond donors (Lipinski definition) is 1. The largest absolute Gasteiger partial charge is 0.465 e. The fourth-order valence-corrected chi connectivity index (χ4v) is 1.74. The van der Waals surface area contributed by atoms with E-state index in [1.54, 1.807) is 13.8 Å². The molecule has 4 nitrogen and oxygen atoms in total. The van der Waals surface area contributed by atoms with Gasteiger partial charge in [0.25, 0.3) is 0 Å². The molecule has 0 spiro atoms. The predicted molar refractivity (Wildman–Crippen MR) is 69.4 cm³/mol. The maximum atomic E-state index is 12.0. The lowest BCUT2D eigenvalue weighted by atomic mass is 10.0. The number of halogens is 3. The molecule has 0 heterocycles. The third-order valence-electron chi connectivity index (χ3n) is 2.47. The number of hydrogen-bond acceptors (Lipinski definition) is 4. The number of ether oxygens (including phenoxy) is 2. The number of nitrogens with one attached hydrogen (secondary N) is 1. The highest BCUT2D eigenvalue weighted by atomic mass is 19.4. The molecule has 0 radical (unpaired) electrons. The quantitative estimate of drug-likeness (QED) is 0.525. The SMILES string of the molecule is CCOC(=O)C(C)(COCCCC(F)(F)F)NC(C)C. The molecule has 20 heavy (non-hydrogen) atoms. The summed E-state index contributed by atoms with van der Waals surface area (Å²) in [6.45, 7) is 7.20. The number of alkyl halides is 3. The highest BCUT2D eigenvalue weighted by molar-refractivity contribution is 5.80. The van der Waals surface area contributed by atoms with Crippen LogP contribution in [0.25, 0.3) is 0 Å². The average Bonchev–Trinajstić information content (AvgIpc) is 2.26. The fourth-order valence-electron chi connectivity index (χ4n) is 1.74. The summed E-state index contributed by atoms with van der Waals surface area (Å²) < 4.78 is 46.1. The Hall–Kier alpha value is -0.820. The monoisotopic (exact) mass is 299 g/mol. The van der Waals surface area contributed by atoms with Gasteiger partial charge in [-0.15, -0.1) is 0 Å². The Bertz CT molecular complexity index is 295. The Morgan fingerprint density at radius 1 is 1.30 bits per heavy atom. The molecule has 0 aromatic carbocycles. The Balaban J connectivity index is 4.27. The second-order valence-electron chi connectivity index (χ2n) is 5.12. The van der Waals surface area contributed by atoms with Gasteiger partial charge in [0.05, 0.1) is 13.2 Å². The van der Waals surface area contributed by atoms with Crippen molar-refractivity contribution in [3.05, 3.63) is 0 Å². The van der Waals surface area contributed by atoms with Gasteiger partial charge in [0.15, 0.2) is 0 Å². The van der Waals surface area contributed by atoms with Crippen molar-refractivity contribution in [2.45, 2.75) is 58.3 Å². The predicted octanol–water partition coefficient (Wildman–Crippen LogP) is 2.67. The zero-order valence-corrected chi connectivity index (χ0v) is 12.5. The van der Waals surface area contributed by atoms with Crippen LogP contribution in [-0.2, 0) is 14.3 Å². The van der Waals surface area contributed by atoms with Crippen molar-refractivity contribution in [1.82, 2.24) is 5.32 Å². The number of carbonyl (C=O) groups excluding carboxylic acids is 1. The van der Waals surface area contributed by atoms with Crippen molar-refractivity contribution in [3.63, 3.8) is 0 Å².